The number of hydrogen-bond donors (Lipinski definition) is 1. The number of esters is 1. The van der Waals surface area contributed by atoms with Crippen LogP contribution in [0.2, 0.25) is 0 Å². The molecule has 8 nitrogen and oxygen atoms in total. The molecule has 0 aliphatic carbocycles. The number of nitrogens with one attached hydrogen (secondary N) is 1. The highest BCUT2D eigenvalue weighted by atomic mass is 16.5. The first-order valence-corrected chi connectivity index (χ1v) is 8.73. The van der Waals surface area contributed by atoms with Gasteiger partial charge in [0.05, 0.1) is 28.6 Å². The molecule has 1 amide bonds. The lowest BCUT2D eigenvalue weighted by molar-refractivity contribution is -0.119. The van der Waals surface area contributed by atoms with E-state index < -0.39 is 18.5 Å². The van der Waals surface area contributed by atoms with Crippen LogP contribution in [0.15, 0.2) is 59.4 Å². The lowest BCUT2D eigenvalue weighted by atomic mass is 10.1. The number of hydrogen-bond acceptors (Lipinski definition) is 5. The molecule has 0 bridgehead atoms. The Balaban J connectivity index is 1.70. The van der Waals surface area contributed by atoms with Gasteiger partial charge in [-0.25, -0.2) is 9.48 Å². The second kappa shape index (κ2) is 8.27. The summed E-state index contributed by atoms with van der Waals surface area (Å²) in [7, 11) is 1.71. The third-order valence-electron chi connectivity index (χ3n) is 4.40. The van der Waals surface area contributed by atoms with Gasteiger partial charge in [0.2, 0.25) is 0 Å². The van der Waals surface area contributed by atoms with E-state index in [0.717, 1.165) is 0 Å². The van der Waals surface area contributed by atoms with Gasteiger partial charge in [0, 0.05) is 7.05 Å². The van der Waals surface area contributed by atoms with Crippen LogP contribution in [0.1, 0.15) is 21.6 Å². The summed E-state index contributed by atoms with van der Waals surface area (Å²) >= 11 is 0. The minimum Gasteiger partial charge on any atom is -0.452 e. The highest BCUT2D eigenvalue weighted by Crippen LogP contribution is 2.14. The summed E-state index contributed by atoms with van der Waals surface area (Å²) in [6.45, 7) is 1.16. The van der Waals surface area contributed by atoms with Crippen molar-refractivity contribution in [1.29, 1.82) is 5.26 Å². The average molecular weight is 390 g/mol. The maximum atomic E-state index is 12.8. The predicted molar refractivity (Wildman–Crippen MR) is 106 cm³/mol. The Kier molecular flexibility index (Phi) is 5.60. The number of carbonyl (C=O) groups is 2. The minimum atomic E-state index is -0.698. The van der Waals surface area contributed by atoms with E-state index in [4.69, 9.17) is 10.00 Å². The van der Waals surface area contributed by atoms with Gasteiger partial charge < -0.3 is 10.1 Å². The number of anilines is 1. The maximum absolute atomic E-state index is 12.8. The van der Waals surface area contributed by atoms with Crippen LogP contribution in [0, 0.1) is 18.3 Å². The molecule has 1 heterocycles. The number of para-hydroxylation sites is 1. The van der Waals surface area contributed by atoms with Gasteiger partial charge in [-0.3, -0.25) is 14.3 Å². The van der Waals surface area contributed by atoms with Crippen LogP contribution < -0.4 is 10.9 Å². The van der Waals surface area contributed by atoms with E-state index in [1.54, 1.807) is 30.8 Å². The minimum absolute atomic E-state index is 0.121. The van der Waals surface area contributed by atoms with Crippen LogP contribution in [0.3, 0.4) is 0 Å². The molecule has 1 aromatic heterocycles. The zero-order valence-electron chi connectivity index (χ0n) is 15.9. The first-order chi connectivity index (χ1) is 13.9. The number of ether oxygens (including phenoxy) is 1. The lowest BCUT2D eigenvalue weighted by Gasteiger charge is -2.07. The predicted octanol–water partition coefficient (Wildman–Crippen LogP) is 2.15. The van der Waals surface area contributed by atoms with Crippen molar-refractivity contribution in [3.63, 3.8) is 0 Å². The summed E-state index contributed by atoms with van der Waals surface area (Å²) in [5.74, 6) is -1.32. The number of rotatable bonds is 5. The third-order valence-corrected chi connectivity index (χ3v) is 4.40. The molecule has 0 saturated heterocycles. The van der Waals surface area contributed by atoms with Gasteiger partial charge in [-0.05, 0) is 43.3 Å². The van der Waals surface area contributed by atoms with Gasteiger partial charge in [-0.1, -0.05) is 18.2 Å². The molecule has 0 spiro atoms. The number of amides is 1. The fraction of sp³-hybridized carbons (Fsp3) is 0.143. The average Bonchev–Trinajstić information content (AvgIpc) is 2.95. The van der Waals surface area contributed by atoms with Crippen LogP contribution in [0.25, 0.3) is 5.69 Å². The van der Waals surface area contributed by atoms with Gasteiger partial charge in [0.1, 0.15) is 5.69 Å². The Hall–Kier alpha value is -4.12. The van der Waals surface area contributed by atoms with Crippen LogP contribution in [0.5, 0.6) is 0 Å². The molecule has 3 aromatic rings. The molecule has 0 aliphatic heterocycles. The number of nitrogens with zero attached hydrogens (tertiary/aromatic N) is 3. The molecular weight excluding hydrogens is 372 g/mol. The van der Waals surface area contributed by atoms with Crippen molar-refractivity contribution in [3.8, 4) is 11.8 Å². The molecule has 0 fully saturated rings. The molecule has 8 heteroatoms. The summed E-state index contributed by atoms with van der Waals surface area (Å²) < 4.78 is 8.06. The second-order valence-corrected chi connectivity index (χ2v) is 6.25. The van der Waals surface area contributed by atoms with Gasteiger partial charge in [-0.15, -0.1) is 0 Å². The number of nitriles is 1. The molecule has 3 rings (SSSR count). The Morgan fingerprint density at radius 2 is 1.76 bits per heavy atom. The van der Waals surface area contributed by atoms with E-state index >= 15 is 0 Å². The molecule has 0 unspecified atom stereocenters. The molecule has 2 aromatic carbocycles. The van der Waals surface area contributed by atoms with Crippen LogP contribution in [-0.4, -0.2) is 27.8 Å². The lowest BCUT2D eigenvalue weighted by Crippen LogP contribution is -2.25. The smallest absolute Gasteiger partial charge is 0.338 e. The maximum Gasteiger partial charge on any atom is 0.338 e. The van der Waals surface area contributed by atoms with Crippen molar-refractivity contribution in [1.82, 2.24) is 9.36 Å². The SMILES string of the molecule is Cc1c(NC(=O)COC(=O)c2ccc(C#N)cc2)c(=O)n(-c2ccccc2)n1C. The summed E-state index contributed by atoms with van der Waals surface area (Å²) in [5, 5.41) is 11.3. The molecule has 1 N–H and O–H groups in total. The van der Waals surface area contributed by atoms with Crippen molar-refractivity contribution in [2.24, 2.45) is 7.05 Å². The molecule has 0 aliphatic rings. The standard InChI is InChI=1S/C21H18N4O4/c1-14-19(20(27)25(24(14)2)17-6-4-3-5-7-17)23-18(26)13-29-21(28)16-10-8-15(12-22)9-11-16/h3-11H,13H2,1-2H3,(H,23,26). The van der Waals surface area contributed by atoms with Crippen molar-refractivity contribution in [2.75, 3.05) is 11.9 Å². The number of carbonyl (C=O) groups excluding carboxylic acids is 2. The van der Waals surface area contributed by atoms with Gasteiger partial charge in [0.15, 0.2) is 6.61 Å². The Bertz CT molecular complexity index is 1150. The normalized spacial score (nSPS) is 10.2. The van der Waals surface area contributed by atoms with E-state index in [1.807, 2.05) is 24.3 Å². The van der Waals surface area contributed by atoms with Crippen LogP contribution in [-0.2, 0) is 16.6 Å². The highest BCUT2D eigenvalue weighted by Gasteiger charge is 2.19. The zero-order valence-corrected chi connectivity index (χ0v) is 15.9. The fourth-order valence-corrected chi connectivity index (χ4v) is 2.78. The van der Waals surface area contributed by atoms with Crippen molar-refractivity contribution >= 4 is 17.6 Å². The van der Waals surface area contributed by atoms with E-state index in [-0.39, 0.29) is 16.8 Å². The molecule has 0 atom stereocenters. The van der Waals surface area contributed by atoms with E-state index in [9.17, 15) is 14.4 Å². The van der Waals surface area contributed by atoms with Gasteiger partial charge >= 0.3 is 5.97 Å². The van der Waals surface area contributed by atoms with Gasteiger partial charge in [-0.2, -0.15) is 5.26 Å². The quantitative estimate of drug-likeness (QED) is 0.672. The topological polar surface area (TPSA) is 106 Å². The summed E-state index contributed by atoms with van der Waals surface area (Å²) in [6.07, 6.45) is 0. The van der Waals surface area contributed by atoms with E-state index in [0.29, 0.717) is 16.9 Å². The Morgan fingerprint density at radius 1 is 1.10 bits per heavy atom. The Morgan fingerprint density at radius 3 is 2.38 bits per heavy atom. The fourth-order valence-electron chi connectivity index (χ4n) is 2.78. The number of benzene rings is 2. The molecule has 146 valence electrons. The third kappa shape index (κ3) is 4.09. The molecular formula is C21H18N4O4. The largest absolute Gasteiger partial charge is 0.452 e. The monoisotopic (exact) mass is 390 g/mol. The van der Waals surface area contributed by atoms with Crippen molar-refractivity contribution < 1.29 is 14.3 Å². The highest BCUT2D eigenvalue weighted by molar-refractivity contribution is 5.95. The van der Waals surface area contributed by atoms with Crippen molar-refractivity contribution in [3.05, 3.63) is 81.8 Å². The number of aromatic nitrogens is 2. The van der Waals surface area contributed by atoms with E-state index in [2.05, 4.69) is 5.32 Å². The summed E-state index contributed by atoms with van der Waals surface area (Å²) in [6, 6.07) is 16.8. The molecule has 29 heavy (non-hydrogen) atoms. The first-order valence-electron chi connectivity index (χ1n) is 8.73. The molecule has 0 radical (unpaired) electrons. The zero-order chi connectivity index (χ0) is 21.0. The van der Waals surface area contributed by atoms with Crippen LogP contribution >= 0.6 is 0 Å². The van der Waals surface area contributed by atoms with Crippen molar-refractivity contribution in [2.45, 2.75) is 6.92 Å². The first kappa shape index (κ1) is 19.6. The summed E-state index contributed by atoms with van der Waals surface area (Å²) in [5.41, 5.74) is 1.59. The Labute approximate surface area is 166 Å². The van der Waals surface area contributed by atoms with Gasteiger partial charge in [0.25, 0.3) is 11.5 Å². The van der Waals surface area contributed by atoms with E-state index in [1.165, 1.54) is 28.9 Å². The second-order valence-electron chi connectivity index (χ2n) is 6.25. The van der Waals surface area contributed by atoms with Crippen LogP contribution in [0.4, 0.5) is 5.69 Å². The molecule has 0 saturated carbocycles. The summed E-state index contributed by atoms with van der Waals surface area (Å²) in [4.78, 5) is 37.0.